The topological polar surface area (TPSA) is 47.3 Å². The molecule has 0 spiro atoms. The number of nitriles is 1. The van der Waals surface area contributed by atoms with E-state index in [0.29, 0.717) is 19.0 Å². The van der Waals surface area contributed by atoms with Crippen molar-refractivity contribution < 1.29 is 4.79 Å². The lowest BCUT2D eigenvalue weighted by atomic mass is 9.98. The SMILES string of the molecule is CC(C)C(=O)N1CCN(C(C#N)c2ccc(C(C)C)cc2)CC1. The Labute approximate surface area is 139 Å². The van der Waals surface area contributed by atoms with E-state index in [9.17, 15) is 10.1 Å². The first-order valence-electron chi connectivity index (χ1n) is 8.46. The smallest absolute Gasteiger partial charge is 0.225 e. The minimum atomic E-state index is -0.229. The van der Waals surface area contributed by atoms with Crippen molar-refractivity contribution in [3.05, 3.63) is 35.4 Å². The number of hydrogen-bond donors (Lipinski definition) is 0. The predicted octanol–water partition coefficient (Wildman–Crippen LogP) is 3.17. The van der Waals surface area contributed by atoms with Crippen LogP contribution >= 0.6 is 0 Å². The largest absolute Gasteiger partial charge is 0.340 e. The first-order valence-corrected chi connectivity index (χ1v) is 8.46. The molecule has 1 amide bonds. The molecule has 1 unspecified atom stereocenters. The summed E-state index contributed by atoms with van der Waals surface area (Å²) in [4.78, 5) is 16.1. The van der Waals surface area contributed by atoms with E-state index in [1.165, 1.54) is 5.56 Å². The fraction of sp³-hybridized carbons (Fsp3) is 0.579. The third kappa shape index (κ3) is 4.11. The van der Waals surface area contributed by atoms with Crippen molar-refractivity contribution in [1.82, 2.24) is 9.80 Å². The van der Waals surface area contributed by atoms with Gasteiger partial charge in [0.1, 0.15) is 6.04 Å². The molecule has 0 N–H and O–H groups in total. The summed E-state index contributed by atoms with van der Waals surface area (Å²) in [6.45, 7) is 11.1. The molecule has 1 fully saturated rings. The van der Waals surface area contributed by atoms with Crippen molar-refractivity contribution in [3.63, 3.8) is 0 Å². The lowest BCUT2D eigenvalue weighted by Crippen LogP contribution is -2.50. The third-order valence-electron chi connectivity index (χ3n) is 4.53. The summed E-state index contributed by atoms with van der Waals surface area (Å²) in [5.41, 5.74) is 2.33. The van der Waals surface area contributed by atoms with Gasteiger partial charge in [0, 0.05) is 32.1 Å². The molecule has 124 valence electrons. The van der Waals surface area contributed by atoms with Crippen LogP contribution in [0.4, 0.5) is 0 Å². The maximum absolute atomic E-state index is 12.1. The van der Waals surface area contributed by atoms with E-state index in [0.717, 1.165) is 18.7 Å². The number of carbonyl (C=O) groups is 1. The standard InChI is InChI=1S/C19H27N3O/c1-14(2)16-5-7-17(8-6-16)18(13-20)21-9-11-22(12-10-21)19(23)15(3)4/h5-8,14-15,18H,9-12H2,1-4H3. The molecule has 4 heteroatoms. The van der Waals surface area contributed by atoms with Crippen LogP contribution in [0.3, 0.4) is 0 Å². The number of nitrogens with zero attached hydrogens (tertiary/aromatic N) is 3. The molecule has 1 aliphatic rings. The molecular weight excluding hydrogens is 286 g/mol. The van der Waals surface area contributed by atoms with Crippen molar-refractivity contribution in [2.75, 3.05) is 26.2 Å². The highest BCUT2D eigenvalue weighted by Crippen LogP contribution is 2.24. The molecule has 0 aliphatic carbocycles. The van der Waals surface area contributed by atoms with Crippen LogP contribution in [0, 0.1) is 17.2 Å². The van der Waals surface area contributed by atoms with Crippen LogP contribution in [0.25, 0.3) is 0 Å². The molecule has 1 aliphatic heterocycles. The Morgan fingerprint density at radius 3 is 1.96 bits per heavy atom. The van der Waals surface area contributed by atoms with Gasteiger partial charge in [0.25, 0.3) is 0 Å². The van der Waals surface area contributed by atoms with E-state index in [4.69, 9.17) is 0 Å². The minimum absolute atomic E-state index is 0.0388. The molecule has 1 aromatic carbocycles. The van der Waals surface area contributed by atoms with Crippen LogP contribution < -0.4 is 0 Å². The molecule has 0 radical (unpaired) electrons. The number of hydrogen-bond acceptors (Lipinski definition) is 3. The van der Waals surface area contributed by atoms with Gasteiger partial charge >= 0.3 is 0 Å². The number of carbonyl (C=O) groups excluding carboxylic acids is 1. The van der Waals surface area contributed by atoms with E-state index in [1.54, 1.807) is 0 Å². The van der Waals surface area contributed by atoms with Gasteiger partial charge in [0.15, 0.2) is 0 Å². The molecule has 4 nitrogen and oxygen atoms in total. The molecule has 2 rings (SSSR count). The first kappa shape index (κ1) is 17.5. The predicted molar refractivity (Wildman–Crippen MR) is 91.9 cm³/mol. The van der Waals surface area contributed by atoms with Gasteiger partial charge in [-0.1, -0.05) is 52.0 Å². The number of amides is 1. The molecule has 0 saturated carbocycles. The Bertz CT molecular complexity index is 563. The van der Waals surface area contributed by atoms with Gasteiger partial charge in [-0.3, -0.25) is 9.69 Å². The van der Waals surface area contributed by atoms with Gasteiger partial charge in [-0.15, -0.1) is 0 Å². The Morgan fingerprint density at radius 2 is 1.52 bits per heavy atom. The quantitative estimate of drug-likeness (QED) is 0.858. The third-order valence-corrected chi connectivity index (χ3v) is 4.53. The zero-order valence-corrected chi connectivity index (χ0v) is 14.6. The van der Waals surface area contributed by atoms with Crippen LogP contribution in [0.15, 0.2) is 24.3 Å². The molecule has 1 heterocycles. The van der Waals surface area contributed by atoms with Gasteiger partial charge in [-0.25, -0.2) is 0 Å². The van der Waals surface area contributed by atoms with Gasteiger partial charge in [0.05, 0.1) is 6.07 Å². The van der Waals surface area contributed by atoms with E-state index in [2.05, 4.69) is 49.1 Å². The Balaban J connectivity index is 2.03. The average Bonchev–Trinajstić information content (AvgIpc) is 2.56. The van der Waals surface area contributed by atoms with Crippen LogP contribution in [0.5, 0.6) is 0 Å². The van der Waals surface area contributed by atoms with Crippen LogP contribution in [0.1, 0.15) is 50.8 Å². The molecule has 1 atom stereocenters. The maximum atomic E-state index is 12.1. The summed E-state index contributed by atoms with van der Waals surface area (Å²) in [6.07, 6.45) is 0. The Hall–Kier alpha value is -1.86. The lowest BCUT2D eigenvalue weighted by Gasteiger charge is -2.37. The number of piperazine rings is 1. The number of benzene rings is 1. The fourth-order valence-electron chi connectivity index (χ4n) is 3.00. The summed E-state index contributed by atoms with van der Waals surface area (Å²) in [6, 6.07) is 10.6. The van der Waals surface area contributed by atoms with E-state index < -0.39 is 0 Å². The van der Waals surface area contributed by atoms with Gasteiger partial charge in [0.2, 0.25) is 5.91 Å². The second kappa shape index (κ2) is 7.61. The number of rotatable bonds is 4. The van der Waals surface area contributed by atoms with Crippen molar-refractivity contribution in [1.29, 1.82) is 5.26 Å². The minimum Gasteiger partial charge on any atom is -0.340 e. The normalized spacial score (nSPS) is 17.3. The lowest BCUT2D eigenvalue weighted by molar-refractivity contribution is -0.136. The van der Waals surface area contributed by atoms with Crippen molar-refractivity contribution in [2.24, 2.45) is 5.92 Å². The summed E-state index contributed by atoms with van der Waals surface area (Å²) >= 11 is 0. The Kier molecular flexibility index (Phi) is 5.79. The molecular formula is C19H27N3O. The van der Waals surface area contributed by atoms with Gasteiger partial charge in [-0.2, -0.15) is 5.26 Å². The highest BCUT2D eigenvalue weighted by Gasteiger charge is 2.27. The van der Waals surface area contributed by atoms with Crippen molar-refractivity contribution in [2.45, 2.75) is 39.7 Å². The highest BCUT2D eigenvalue weighted by molar-refractivity contribution is 5.78. The van der Waals surface area contributed by atoms with Crippen molar-refractivity contribution >= 4 is 5.91 Å². The van der Waals surface area contributed by atoms with E-state index in [1.807, 2.05) is 18.7 Å². The zero-order valence-electron chi connectivity index (χ0n) is 14.6. The molecule has 1 saturated heterocycles. The second-order valence-electron chi connectivity index (χ2n) is 6.87. The average molecular weight is 313 g/mol. The van der Waals surface area contributed by atoms with Crippen LogP contribution in [0.2, 0.25) is 0 Å². The maximum Gasteiger partial charge on any atom is 0.225 e. The van der Waals surface area contributed by atoms with Crippen molar-refractivity contribution in [3.8, 4) is 6.07 Å². The first-order chi connectivity index (χ1) is 10.9. The second-order valence-corrected chi connectivity index (χ2v) is 6.87. The molecule has 1 aromatic rings. The van der Waals surface area contributed by atoms with E-state index in [-0.39, 0.29) is 17.9 Å². The zero-order chi connectivity index (χ0) is 17.0. The summed E-state index contributed by atoms with van der Waals surface area (Å²) in [7, 11) is 0. The summed E-state index contributed by atoms with van der Waals surface area (Å²) in [5, 5.41) is 9.60. The molecule has 0 aromatic heterocycles. The summed E-state index contributed by atoms with van der Waals surface area (Å²) < 4.78 is 0. The van der Waals surface area contributed by atoms with Gasteiger partial charge in [-0.05, 0) is 17.0 Å². The van der Waals surface area contributed by atoms with Gasteiger partial charge < -0.3 is 4.90 Å². The monoisotopic (exact) mass is 313 g/mol. The highest BCUT2D eigenvalue weighted by atomic mass is 16.2. The van der Waals surface area contributed by atoms with Crippen LogP contribution in [-0.2, 0) is 4.79 Å². The van der Waals surface area contributed by atoms with E-state index >= 15 is 0 Å². The molecule has 23 heavy (non-hydrogen) atoms. The molecule has 0 bridgehead atoms. The Morgan fingerprint density at radius 1 is 1.00 bits per heavy atom. The fourth-order valence-corrected chi connectivity index (χ4v) is 3.00. The van der Waals surface area contributed by atoms with Crippen LogP contribution in [-0.4, -0.2) is 41.9 Å². The summed E-state index contributed by atoms with van der Waals surface area (Å²) in [5.74, 6) is 0.742.